The summed E-state index contributed by atoms with van der Waals surface area (Å²) in [5.41, 5.74) is 5.71. The Labute approximate surface area is 127 Å². The minimum Gasteiger partial charge on any atom is -0.505 e. The van der Waals surface area contributed by atoms with E-state index in [0.717, 1.165) is 22.4 Å². The molecule has 0 radical (unpaired) electrons. The van der Waals surface area contributed by atoms with Gasteiger partial charge < -0.3 is 5.11 Å². The maximum absolute atomic E-state index is 9.98. The summed E-state index contributed by atoms with van der Waals surface area (Å²) in [6, 6.07) is 7.81. The van der Waals surface area contributed by atoms with Gasteiger partial charge in [-0.05, 0) is 72.4 Å². The highest BCUT2D eigenvalue weighted by atomic mass is 79.9. The van der Waals surface area contributed by atoms with Crippen LogP contribution in [0.1, 0.15) is 22.3 Å². The van der Waals surface area contributed by atoms with Crippen LogP contribution >= 0.6 is 15.9 Å². The Hall–Kier alpha value is -1.68. The lowest BCUT2D eigenvalue weighted by Crippen LogP contribution is -1.83. The molecule has 0 saturated heterocycles. The number of hydrogen-bond donors (Lipinski definition) is 1. The Bertz CT molecular complexity index is 670. The van der Waals surface area contributed by atoms with E-state index in [1.165, 1.54) is 5.56 Å². The van der Waals surface area contributed by atoms with Crippen LogP contribution in [0.3, 0.4) is 0 Å². The van der Waals surface area contributed by atoms with Crippen molar-refractivity contribution >= 4 is 27.3 Å². The first kappa shape index (κ1) is 14.7. The number of azo groups is 1. The minimum absolute atomic E-state index is 0.113. The predicted octanol–water partition coefficient (Wildman–Crippen LogP) is 5.80. The van der Waals surface area contributed by atoms with Crippen molar-refractivity contribution in [2.75, 3.05) is 0 Å². The highest BCUT2D eigenvalue weighted by Gasteiger charge is 2.07. The van der Waals surface area contributed by atoms with Crippen molar-refractivity contribution in [2.45, 2.75) is 27.7 Å². The van der Waals surface area contributed by atoms with Crippen LogP contribution in [0.4, 0.5) is 11.4 Å². The lowest BCUT2D eigenvalue weighted by Gasteiger charge is -2.06. The first-order valence-electron chi connectivity index (χ1n) is 6.37. The summed E-state index contributed by atoms with van der Waals surface area (Å²) in [6.45, 7) is 8.04. The lowest BCUT2D eigenvalue weighted by molar-refractivity contribution is 0.473. The Balaban J connectivity index is 2.45. The molecule has 20 heavy (non-hydrogen) atoms. The molecule has 0 bridgehead atoms. The molecule has 2 aromatic rings. The first-order chi connectivity index (χ1) is 9.38. The van der Waals surface area contributed by atoms with Crippen LogP contribution in [0.2, 0.25) is 0 Å². The van der Waals surface area contributed by atoms with Gasteiger partial charge in [0.05, 0.1) is 10.2 Å². The number of halogens is 1. The monoisotopic (exact) mass is 332 g/mol. The summed E-state index contributed by atoms with van der Waals surface area (Å²) < 4.78 is 0.629. The fourth-order valence-corrected chi connectivity index (χ4v) is 2.79. The fourth-order valence-electron chi connectivity index (χ4n) is 2.23. The van der Waals surface area contributed by atoms with Gasteiger partial charge in [0.15, 0.2) is 5.75 Å². The molecule has 4 heteroatoms. The largest absolute Gasteiger partial charge is 0.505 e. The van der Waals surface area contributed by atoms with Crippen LogP contribution in [0.25, 0.3) is 0 Å². The van der Waals surface area contributed by atoms with E-state index in [2.05, 4.69) is 45.2 Å². The van der Waals surface area contributed by atoms with Crippen LogP contribution in [-0.4, -0.2) is 5.11 Å². The smallest absolute Gasteiger partial charge is 0.157 e. The number of aryl methyl sites for hydroxylation is 4. The average Bonchev–Trinajstić information content (AvgIpc) is 2.33. The van der Waals surface area contributed by atoms with Crippen LogP contribution in [0.15, 0.2) is 39.0 Å². The summed E-state index contributed by atoms with van der Waals surface area (Å²) in [5.74, 6) is 0.113. The molecule has 0 aliphatic rings. The van der Waals surface area contributed by atoms with E-state index in [9.17, 15) is 5.11 Å². The Morgan fingerprint density at radius 2 is 1.40 bits per heavy atom. The second kappa shape index (κ2) is 5.75. The number of phenols is 1. The molecule has 0 amide bonds. The molecule has 0 aliphatic heterocycles. The molecule has 0 aromatic heterocycles. The number of nitrogens with zero attached hydrogens (tertiary/aromatic N) is 2. The van der Waals surface area contributed by atoms with Crippen molar-refractivity contribution in [3.63, 3.8) is 0 Å². The van der Waals surface area contributed by atoms with Crippen molar-refractivity contribution in [2.24, 2.45) is 10.2 Å². The van der Waals surface area contributed by atoms with E-state index >= 15 is 0 Å². The summed E-state index contributed by atoms with van der Waals surface area (Å²) in [4.78, 5) is 0. The minimum atomic E-state index is 0.113. The van der Waals surface area contributed by atoms with Crippen molar-refractivity contribution in [3.8, 4) is 5.75 Å². The van der Waals surface area contributed by atoms with Crippen LogP contribution in [0, 0.1) is 27.7 Å². The zero-order chi connectivity index (χ0) is 14.9. The third-order valence-electron chi connectivity index (χ3n) is 3.08. The molecule has 0 fully saturated rings. The normalized spacial score (nSPS) is 11.2. The molecule has 0 aliphatic carbocycles. The van der Waals surface area contributed by atoms with Gasteiger partial charge in [0.1, 0.15) is 5.69 Å². The van der Waals surface area contributed by atoms with Crippen molar-refractivity contribution in [3.05, 3.63) is 51.0 Å². The molecular formula is C16H17BrN2O. The van der Waals surface area contributed by atoms with Gasteiger partial charge in [0.25, 0.3) is 0 Å². The molecule has 1 N–H and O–H groups in total. The number of benzene rings is 2. The molecule has 2 aromatic carbocycles. The van der Waals surface area contributed by atoms with Gasteiger partial charge in [0, 0.05) is 0 Å². The second-order valence-corrected chi connectivity index (χ2v) is 5.92. The maximum Gasteiger partial charge on any atom is 0.157 e. The van der Waals surface area contributed by atoms with E-state index in [0.29, 0.717) is 10.2 Å². The van der Waals surface area contributed by atoms with E-state index in [4.69, 9.17) is 0 Å². The Kier molecular flexibility index (Phi) is 4.23. The van der Waals surface area contributed by atoms with Gasteiger partial charge >= 0.3 is 0 Å². The first-order valence-corrected chi connectivity index (χ1v) is 7.16. The summed E-state index contributed by atoms with van der Waals surface area (Å²) in [5, 5.41) is 18.5. The quantitative estimate of drug-likeness (QED) is 0.693. The Morgan fingerprint density at radius 3 is 2.00 bits per heavy atom. The van der Waals surface area contributed by atoms with Crippen LogP contribution < -0.4 is 0 Å². The second-order valence-electron chi connectivity index (χ2n) is 5.06. The topological polar surface area (TPSA) is 45.0 Å². The Morgan fingerprint density at radius 1 is 0.850 bits per heavy atom. The van der Waals surface area contributed by atoms with E-state index in [1.54, 1.807) is 0 Å². The molecule has 0 heterocycles. The fraction of sp³-hybridized carbons (Fsp3) is 0.250. The summed E-state index contributed by atoms with van der Waals surface area (Å²) in [7, 11) is 0. The maximum atomic E-state index is 9.98. The zero-order valence-corrected chi connectivity index (χ0v) is 13.6. The van der Waals surface area contributed by atoms with E-state index in [-0.39, 0.29) is 5.75 Å². The van der Waals surface area contributed by atoms with E-state index in [1.807, 2.05) is 32.9 Å². The van der Waals surface area contributed by atoms with Gasteiger partial charge in [-0.3, -0.25) is 0 Å². The number of hydrogen-bond acceptors (Lipinski definition) is 3. The molecule has 0 spiro atoms. The third kappa shape index (κ3) is 3.07. The summed E-state index contributed by atoms with van der Waals surface area (Å²) in [6.07, 6.45) is 0. The number of rotatable bonds is 2. The van der Waals surface area contributed by atoms with Gasteiger partial charge in [-0.2, -0.15) is 0 Å². The van der Waals surface area contributed by atoms with E-state index < -0.39 is 0 Å². The van der Waals surface area contributed by atoms with Gasteiger partial charge in [-0.25, -0.2) is 0 Å². The highest BCUT2D eigenvalue weighted by Crippen LogP contribution is 2.37. The van der Waals surface area contributed by atoms with Crippen molar-refractivity contribution < 1.29 is 5.11 Å². The average molecular weight is 333 g/mol. The highest BCUT2D eigenvalue weighted by molar-refractivity contribution is 9.10. The standard InChI is InChI=1S/C16H17BrN2O/c1-9-5-11(3)15(12(4)6-9)19-18-14-8-10(2)7-13(17)16(14)20/h5-8,20H,1-4H3. The van der Waals surface area contributed by atoms with Crippen molar-refractivity contribution in [1.82, 2.24) is 0 Å². The number of aromatic hydroxyl groups is 1. The molecule has 104 valence electrons. The molecule has 0 unspecified atom stereocenters. The lowest BCUT2D eigenvalue weighted by atomic mass is 10.1. The molecule has 0 atom stereocenters. The number of phenolic OH excluding ortho intramolecular Hbond substituents is 1. The molecule has 3 nitrogen and oxygen atoms in total. The summed E-state index contributed by atoms with van der Waals surface area (Å²) >= 11 is 3.31. The molecular weight excluding hydrogens is 316 g/mol. The molecule has 0 saturated carbocycles. The van der Waals surface area contributed by atoms with Crippen molar-refractivity contribution in [1.29, 1.82) is 0 Å². The van der Waals surface area contributed by atoms with Crippen LogP contribution in [0.5, 0.6) is 5.75 Å². The van der Waals surface area contributed by atoms with Gasteiger partial charge in [-0.15, -0.1) is 10.2 Å². The SMILES string of the molecule is Cc1cc(C)c(N=Nc2cc(C)cc(Br)c2O)c(C)c1. The third-order valence-corrected chi connectivity index (χ3v) is 3.69. The van der Waals surface area contributed by atoms with Crippen LogP contribution in [-0.2, 0) is 0 Å². The van der Waals surface area contributed by atoms with Gasteiger partial charge in [0.2, 0.25) is 0 Å². The predicted molar refractivity (Wildman–Crippen MR) is 85.4 cm³/mol. The molecule has 2 rings (SSSR count). The van der Waals surface area contributed by atoms with Gasteiger partial charge in [-0.1, -0.05) is 17.7 Å². The zero-order valence-electron chi connectivity index (χ0n) is 12.0.